The van der Waals surface area contributed by atoms with E-state index in [4.69, 9.17) is 0 Å². The Hall–Kier alpha value is -2.67. The first kappa shape index (κ1) is 16.8. The fraction of sp³-hybridized carbons (Fsp3) is 0.316. The van der Waals surface area contributed by atoms with Gasteiger partial charge in [-0.25, -0.2) is 4.79 Å². The maximum Gasteiger partial charge on any atom is 0.325 e. The lowest BCUT2D eigenvalue weighted by Gasteiger charge is -2.30. The first-order valence-corrected chi connectivity index (χ1v) is 9.44. The lowest BCUT2D eigenvalue weighted by Crippen LogP contribution is -2.45. The Kier molecular flexibility index (Phi) is 4.03. The van der Waals surface area contributed by atoms with Gasteiger partial charge in [0.15, 0.2) is 0 Å². The molecule has 0 bridgehead atoms. The minimum atomic E-state index is -1.11. The number of amides is 4. The van der Waals surface area contributed by atoms with Gasteiger partial charge in [0.25, 0.3) is 5.91 Å². The molecule has 1 aromatic carbocycles. The molecular formula is C19H19N3O3S. The van der Waals surface area contributed by atoms with Crippen LogP contribution in [0.4, 0.5) is 4.79 Å². The summed E-state index contributed by atoms with van der Waals surface area (Å²) in [6.07, 6.45) is 0.786. The van der Waals surface area contributed by atoms with E-state index >= 15 is 0 Å². The van der Waals surface area contributed by atoms with Gasteiger partial charge < -0.3 is 10.2 Å². The Balaban J connectivity index is 1.48. The van der Waals surface area contributed by atoms with Gasteiger partial charge in [-0.2, -0.15) is 11.3 Å². The van der Waals surface area contributed by atoms with Gasteiger partial charge in [-0.1, -0.05) is 24.3 Å². The zero-order valence-corrected chi connectivity index (χ0v) is 15.2. The Morgan fingerprint density at radius 2 is 2.00 bits per heavy atom. The van der Waals surface area contributed by atoms with Crippen LogP contribution >= 0.6 is 11.3 Å². The lowest BCUT2D eigenvalue weighted by atomic mass is 9.95. The van der Waals surface area contributed by atoms with Gasteiger partial charge in [0.1, 0.15) is 12.1 Å². The summed E-state index contributed by atoms with van der Waals surface area (Å²) in [5.41, 5.74) is 2.00. The van der Waals surface area contributed by atoms with Crippen molar-refractivity contribution in [2.75, 3.05) is 13.1 Å². The molecule has 0 saturated carbocycles. The van der Waals surface area contributed by atoms with E-state index in [9.17, 15) is 14.4 Å². The number of carbonyl (C=O) groups is 3. The molecular weight excluding hydrogens is 350 g/mol. The van der Waals surface area contributed by atoms with Crippen molar-refractivity contribution in [1.29, 1.82) is 0 Å². The zero-order chi connectivity index (χ0) is 18.3. The van der Waals surface area contributed by atoms with Gasteiger partial charge in [0, 0.05) is 13.1 Å². The molecule has 7 heteroatoms. The van der Waals surface area contributed by atoms with Crippen molar-refractivity contribution in [1.82, 2.24) is 15.1 Å². The van der Waals surface area contributed by atoms with Crippen molar-refractivity contribution >= 4 is 29.2 Å². The summed E-state index contributed by atoms with van der Waals surface area (Å²) in [7, 11) is 0. The highest BCUT2D eigenvalue weighted by molar-refractivity contribution is 7.08. The predicted octanol–water partition coefficient (Wildman–Crippen LogP) is 2.10. The SMILES string of the molecule is CC1(c2ccsc2)NC(=O)N(CC(=O)N2CCc3ccccc3C2)C1=O. The number of rotatable bonds is 3. The van der Waals surface area contributed by atoms with Crippen molar-refractivity contribution < 1.29 is 14.4 Å². The predicted molar refractivity (Wildman–Crippen MR) is 97.5 cm³/mol. The number of carbonyl (C=O) groups excluding carboxylic acids is 3. The van der Waals surface area contributed by atoms with Gasteiger partial charge in [0.05, 0.1) is 0 Å². The summed E-state index contributed by atoms with van der Waals surface area (Å²) in [4.78, 5) is 40.6. The summed E-state index contributed by atoms with van der Waals surface area (Å²) in [5, 5.41) is 6.43. The highest BCUT2D eigenvalue weighted by Gasteiger charge is 2.49. The molecule has 26 heavy (non-hydrogen) atoms. The molecule has 1 fully saturated rings. The lowest BCUT2D eigenvalue weighted by molar-refractivity contribution is -0.139. The van der Waals surface area contributed by atoms with Crippen molar-refractivity contribution in [2.45, 2.75) is 25.4 Å². The molecule has 1 unspecified atom stereocenters. The first-order chi connectivity index (χ1) is 12.5. The average molecular weight is 369 g/mol. The molecule has 1 aromatic heterocycles. The molecule has 0 aliphatic carbocycles. The summed E-state index contributed by atoms with van der Waals surface area (Å²) in [5.74, 6) is -0.593. The van der Waals surface area contributed by atoms with E-state index in [1.165, 1.54) is 16.9 Å². The van der Waals surface area contributed by atoms with Gasteiger partial charge in [0.2, 0.25) is 5.91 Å². The number of urea groups is 1. The minimum Gasteiger partial charge on any atom is -0.336 e. The number of thiophene rings is 1. The van der Waals surface area contributed by atoms with E-state index in [1.807, 2.05) is 35.0 Å². The molecule has 1 atom stereocenters. The monoisotopic (exact) mass is 369 g/mol. The molecule has 2 aliphatic rings. The Morgan fingerprint density at radius 3 is 2.73 bits per heavy atom. The quantitative estimate of drug-likeness (QED) is 0.843. The number of imide groups is 1. The highest BCUT2D eigenvalue weighted by Crippen LogP contribution is 2.30. The molecule has 134 valence electrons. The van der Waals surface area contributed by atoms with Crippen LogP contribution in [-0.4, -0.2) is 40.7 Å². The molecule has 6 nitrogen and oxygen atoms in total. The standard InChI is InChI=1S/C19H19N3O3S/c1-19(15-7-9-26-12-15)17(24)22(18(25)20-19)11-16(23)21-8-6-13-4-2-3-5-14(13)10-21/h2-5,7,9,12H,6,8,10-11H2,1H3,(H,20,25). The number of hydrogen-bond acceptors (Lipinski definition) is 4. The molecule has 3 heterocycles. The van der Waals surface area contributed by atoms with Crippen molar-refractivity contribution in [2.24, 2.45) is 0 Å². The third-order valence-electron chi connectivity index (χ3n) is 5.15. The van der Waals surface area contributed by atoms with Gasteiger partial charge in [-0.15, -0.1) is 0 Å². The molecule has 4 amide bonds. The summed E-state index contributed by atoms with van der Waals surface area (Å²) >= 11 is 1.46. The number of hydrogen-bond donors (Lipinski definition) is 1. The van der Waals surface area contributed by atoms with Crippen LogP contribution < -0.4 is 5.32 Å². The average Bonchev–Trinajstić information content (AvgIpc) is 3.26. The van der Waals surface area contributed by atoms with Gasteiger partial charge in [-0.3, -0.25) is 14.5 Å². The number of fused-ring (bicyclic) bond motifs is 1. The van der Waals surface area contributed by atoms with E-state index in [1.54, 1.807) is 11.8 Å². The maximum atomic E-state index is 12.8. The van der Waals surface area contributed by atoms with Crippen molar-refractivity contribution in [3.05, 3.63) is 57.8 Å². The summed E-state index contributed by atoms with van der Waals surface area (Å²) < 4.78 is 0. The summed E-state index contributed by atoms with van der Waals surface area (Å²) in [6, 6.07) is 9.33. The van der Waals surface area contributed by atoms with Crippen LogP contribution in [0, 0.1) is 0 Å². The molecule has 2 aromatic rings. The van der Waals surface area contributed by atoms with Crippen molar-refractivity contribution in [3.63, 3.8) is 0 Å². The fourth-order valence-corrected chi connectivity index (χ4v) is 4.29. The third kappa shape index (κ3) is 2.68. The molecule has 1 N–H and O–H groups in total. The fourth-order valence-electron chi connectivity index (χ4n) is 3.53. The van der Waals surface area contributed by atoms with E-state index < -0.39 is 11.6 Å². The molecule has 1 saturated heterocycles. The van der Waals surface area contributed by atoms with Crippen LogP contribution in [0.1, 0.15) is 23.6 Å². The van der Waals surface area contributed by atoms with E-state index in [-0.39, 0.29) is 18.4 Å². The van der Waals surface area contributed by atoms with Crippen LogP contribution in [0.15, 0.2) is 41.1 Å². The van der Waals surface area contributed by atoms with Crippen LogP contribution in [0.5, 0.6) is 0 Å². The molecule has 0 spiro atoms. The second kappa shape index (κ2) is 6.25. The van der Waals surface area contributed by atoms with Crippen LogP contribution in [0.3, 0.4) is 0 Å². The van der Waals surface area contributed by atoms with Gasteiger partial charge >= 0.3 is 6.03 Å². The Bertz CT molecular complexity index is 880. The number of nitrogens with one attached hydrogen (secondary N) is 1. The van der Waals surface area contributed by atoms with Crippen molar-refractivity contribution in [3.8, 4) is 0 Å². The van der Waals surface area contributed by atoms with Crippen LogP contribution in [0.25, 0.3) is 0 Å². The van der Waals surface area contributed by atoms with E-state index in [2.05, 4.69) is 11.4 Å². The van der Waals surface area contributed by atoms with Crippen LogP contribution in [0.2, 0.25) is 0 Å². The zero-order valence-electron chi connectivity index (χ0n) is 14.4. The third-order valence-corrected chi connectivity index (χ3v) is 5.83. The largest absolute Gasteiger partial charge is 0.336 e. The summed E-state index contributed by atoms with van der Waals surface area (Å²) in [6.45, 7) is 2.56. The maximum absolute atomic E-state index is 12.8. The Morgan fingerprint density at radius 1 is 1.23 bits per heavy atom. The van der Waals surface area contributed by atoms with Gasteiger partial charge in [-0.05, 0) is 46.9 Å². The second-order valence-electron chi connectivity index (χ2n) is 6.79. The second-order valence-corrected chi connectivity index (χ2v) is 7.57. The topological polar surface area (TPSA) is 69.7 Å². The normalized spacial score (nSPS) is 22.3. The minimum absolute atomic E-state index is 0.211. The molecule has 2 aliphatic heterocycles. The van der Waals surface area contributed by atoms with E-state index in [0.29, 0.717) is 13.1 Å². The number of nitrogens with zero attached hydrogens (tertiary/aromatic N) is 2. The highest BCUT2D eigenvalue weighted by atomic mass is 32.1. The Labute approximate surface area is 155 Å². The van der Waals surface area contributed by atoms with E-state index in [0.717, 1.165) is 22.4 Å². The number of benzene rings is 1. The first-order valence-electron chi connectivity index (χ1n) is 8.50. The van der Waals surface area contributed by atoms with Crippen LogP contribution in [-0.2, 0) is 28.1 Å². The smallest absolute Gasteiger partial charge is 0.325 e. The molecule has 4 rings (SSSR count). The molecule has 0 radical (unpaired) electrons.